The van der Waals surface area contributed by atoms with Gasteiger partial charge in [-0.25, -0.2) is 0 Å². The summed E-state index contributed by atoms with van der Waals surface area (Å²) in [5, 5.41) is 0. The Balaban J connectivity index is 1.80. The highest BCUT2D eigenvalue weighted by molar-refractivity contribution is 9.10. The summed E-state index contributed by atoms with van der Waals surface area (Å²) in [5.74, 6) is 1.36. The molecule has 1 fully saturated rings. The predicted molar refractivity (Wildman–Crippen MR) is 91.9 cm³/mol. The van der Waals surface area contributed by atoms with Crippen LogP contribution in [0, 0.1) is 12.8 Å². The molecule has 22 heavy (non-hydrogen) atoms. The van der Waals surface area contributed by atoms with Crippen LogP contribution in [0.3, 0.4) is 0 Å². The molecule has 0 spiro atoms. The first kappa shape index (κ1) is 17.3. The van der Waals surface area contributed by atoms with E-state index >= 15 is 0 Å². The fraction of sp³-hybridized carbons (Fsp3) is 0.588. The highest BCUT2D eigenvalue weighted by Crippen LogP contribution is 2.26. The van der Waals surface area contributed by atoms with Gasteiger partial charge < -0.3 is 15.4 Å². The maximum atomic E-state index is 12.3. The topological polar surface area (TPSA) is 55.6 Å². The second kappa shape index (κ2) is 7.97. The zero-order valence-corrected chi connectivity index (χ0v) is 14.9. The highest BCUT2D eigenvalue weighted by Gasteiger charge is 2.25. The van der Waals surface area contributed by atoms with Gasteiger partial charge in [0.05, 0.1) is 17.5 Å². The number of nitrogens with two attached hydrogens (primary N) is 1. The van der Waals surface area contributed by atoms with E-state index in [0.717, 1.165) is 36.2 Å². The third-order valence-electron chi connectivity index (χ3n) is 4.21. The van der Waals surface area contributed by atoms with Gasteiger partial charge in [-0.1, -0.05) is 6.07 Å². The Morgan fingerprint density at radius 2 is 2.32 bits per heavy atom. The molecule has 1 aromatic carbocycles. The van der Waals surface area contributed by atoms with Crippen molar-refractivity contribution in [2.75, 3.05) is 19.7 Å². The Morgan fingerprint density at radius 1 is 1.55 bits per heavy atom. The maximum absolute atomic E-state index is 12.3. The van der Waals surface area contributed by atoms with Crippen LogP contribution in [0.2, 0.25) is 0 Å². The predicted octanol–water partition coefficient (Wildman–Crippen LogP) is 3.11. The number of hydrogen-bond acceptors (Lipinski definition) is 3. The molecule has 4 nitrogen and oxygen atoms in total. The van der Waals surface area contributed by atoms with Crippen LogP contribution < -0.4 is 10.5 Å². The Bertz CT molecular complexity index is 519. The van der Waals surface area contributed by atoms with Crippen LogP contribution in [0.5, 0.6) is 5.75 Å². The molecule has 5 heteroatoms. The van der Waals surface area contributed by atoms with Gasteiger partial charge >= 0.3 is 0 Å². The maximum Gasteiger partial charge on any atom is 0.226 e. The summed E-state index contributed by atoms with van der Waals surface area (Å²) in [5.41, 5.74) is 7.14. The van der Waals surface area contributed by atoms with Crippen LogP contribution in [-0.2, 0) is 4.79 Å². The molecule has 0 aliphatic carbocycles. The summed E-state index contributed by atoms with van der Waals surface area (Å²) in [6.45, 7) is 6.08. The van der Waals surface area contributed by atoms with Gasteiger partial charge in [0, 0.05) is 19.1 Å². The van der Waals surface area contributed by atoms with Crippen molar-refractivity contribution in [3.05, 3.63) is 28.2 Å². The molecule has 1 heterocycles. The molecule has 1 aliphatic heterocycles. The first-order valence-electron chi connectivity index (χ1n) is 7.89. The van der Waals surface area contributed by atoms with Crippen molar-refractivity contribution in [1.29, 1.82) is 0 Å². The van der Waals surface area contributed by atoms with Crippen LogP contribution >= 0.6 is 15.9 Å². The summed E-state index contributed by atoms with van der Waals surface area (Å²) in [4.78, 5) is 14.2. The minimum atomic E-state index is 0.148. The first-order valence-corrected chi connectivity index (χ1v) is 8.69. The quantitative estimate of drug-likeness (QED) is 0.868. The summed E-state index contributed by atoms with van der Waals surface area (Å²) < 4.78 is 6.63. The number of rotatable bonds is 5. The molecule has 1 aromatic rings. The highest BCUT2D eigenvalue weighted by atomic mass is 79.9. The molecule has 0 saturated carbocycles. The summed E-state index contributed by atoms with van der Waals surface area (Å²) in [6.07, 6.45) is 2.57. The molecular weight excluding hydrogens is 344 g/mol. The van der Waals surface area contributed by atoms with Crippen molar-refractivity contribution in [2.24, 2.45) is 11.7 Å². The number of piperidine rings is 1. The Morgan fingerprint density at radius 3 is 3.00 bits per heavy atom. The average molecular weight is 369 g/mol. The normalized spacial score (nSPS) is 19.8. The number of amides is 1. The van der Waals surface area contributed by atoms with E-state index in [0.29, 0.717) is 18.9 Å². The summed E-state index contributed by atoms with van der Waals surface area (Å²) in [6, 6.07) is 6.08. The van der Waals surface area contributed by atoms with Gasteiger partial charge in [-0.3, -0.25) is 4.79 Å². The third-order valence-corrected chi connectivity index (χ3v) is 4.83. The number of carbonyl (C=O) groups is 1. The number of carbonyl (C=O) groups excluding carboxylic acids is 1. The van der Waals surface area contributed by atoms with Gasteiger partial charge in [0.25, 0.3) is 0 Å². The monoisotopic (exact) mass is 368 g/mol. The lowest BCUT2D eigenvalue weighted by Crippen LogP contribution is -2.45. The number of hydrogen-bond donors (Lipinski definition) is 1. The van der Waals surface area contributed by atoms with Crippen LogP contribution in [0.15, 0.2) is 22.7 Å². The van der Waals surface area contributed by atoms with Gasteiger partial charge in [-0.05, 0) is 66.2 Å². The molecular formula is C17H25BrN2O2. The lowest BCUT2D eigenvalue weighted by molar-refractivity contribution is -0.133. The van der Waals surface area contributed by atoms with Crippen molar-refractivity contribution >= 4 is 21.8 Å². The number of benzene rings is 1. The molecule has 1 aliphatic rings. The van der Waals surface area contributed by atoms with Crippen LogP contribution in [0.25, 0.3) is 0 Å². The molecule has 0 aromatic heterocycles. The SMILES string of the molecule is Cc1ccc(OCCC(=O)N2CCC[C@H]([C@H](C)N)C2)c(Br)c1. The fourth-order valence-electron chi connectivity index (χ4n) is 2.80. The Hall–Kier alpha value is -1.07. The molecule has 0 bridgehead atoms. The molecule has 0 radical (unpaired) electrons. The Kier molecular flexibility index (Phi) is 6.26. The van der Waals surface area contributed by atoms with E-state index in [2.05, 4.69) is 15.9 Å². The second-order valence-electron chi connectivity index (χ2n) is 6.13. The average Bonchev–Trinajstić information content (AvgIpc) is 2.49. The Labute approximate surface area is 141 Å². The van der Waals surface area contributed by atoms with Crippen molar-refractivity contribution in [1.82, 2.24) is 4.90 Å². The molecule has 1 saturated heterocycles. The largest absolute Gasteiger partial charge is 0.492 e. The van der Waals surface area contributed by atoms with E-state index in [-0.39, 0.29) is 11.9 Å². The second-order valence-corrected chi connectivity index (χ2v) is 6.99. The summed E-state index contributed by atoms with van der Waals surface area (Å²) >= 11 is 3.48. The van der Waals surface area contributed by atoms with Gasteiger partial charge in [-0.2, -0.15) is 0 Å². The number of ether oxygens (including phenoxy) is 1. The van der Waals surface area contributed by atoms with Crippen LogP contribution in [-0.4, -0.2) is 36.5 Å². The van der Waals surface area contributed by atoms with Crippen molar-refractivity contribution in [2.45, 2.75) is 39.2 Å². The number of aryl methyl sites for hydroxylation is 1. The minimum absolute atomic E-state index is 0.148. The van der Waals surface area contributed by atoms with E-state index in [1.807, 2.05) is 36.9 Å². The minimum Gasteiger partial charge on any atom is -0.492 e. The van der Waals surface area contributed by atoms with Gasteiger partial charge in [0.2, 0.25) is 5.91 Å². The van der Waals surface area contributed by atoms with Crippen molar-refractivity contribution < 1.29 is 9.53 Å². The van der Waals surface area contributed by atoms with Crippen LogP contribution in [0.4, 0.5) is 0 Å². The fourth-order valence-corrected chi connectivity index (χ4v) is 3.40. The smallest absolute Gasteiger partial charge is 0.226 e. The zero-order chi connectivity index (χ0) is 16.1. The van der Waals surface area contributed by atoms with Gasteiger partial charge in [0.1, 0.15) is 5.75 Å². The lowest BCUT2D eigenvalue weighted by Gasteiger charge is -2.34. The van der Waals surface area contributed by atoms with E-state index < -0.39 is 0 Å². The molecule has 1 amide bonds. The van der Waals surface area contributed by atoms with Crippen molar-refractivity contribution in [3.63, 3.8) is 0 Å². The van der Waals surface area contributed by atoms with E-state index in [9.17, 15) is 4.79 Å². The summed E-state index contributed by atoms with van der Waals surface area (Å²) in [7, 11) is 0. The molecule has 122 valence electrons. The molecule has 2 rings (SSSR count). The number of halogens is 1. The van der Waals surface area contributed by atoms with Gasteiger partial charge in [-0.15, -0.1) is 0 Å². The number of likely N-dealkylation sites (tertiary alicyclic amines) is 1. The third kappa shape index (κ3) is 4.71. The van der Waals surface area contributed by atoms with E-state index in [4.69, 9.17) is 10.5 Å². The lowest BCUT2D eigenvalue weighted by atomic mass is 9.92. The zero-order valence-electron chi connectivity index (χ0n) is 13.3. The molecule has 2 atom stereocenters. The van der Waals surface area contributed by atoms with E-state index in [1.165, 1.54) is 5.56 Å². The number of nitrogens with zero attached hydrogens (tertiary/aromatic N) is 1. The first-order chi connectivity index (χ1) is 10.5. The molecule has 0 unspecified atom stereocenters. The van der Waals surface area contributed by atoms with E-state index in [1.54, 1.807) is 0 Å². The standard InChI is InChI=1S/C17H25BrN2O2/c1-12-5-6-16(15(18)10-12)22-9-7-17(21)20-8-3-4-14(11-20)13(2)19/h5-6,10,13-14H,3-4,7-9,11,19H2,1-2H3/t13-,14-/m0/s1. The molecule has 2 N–H and O–H groups in total. The van der Waals surface area contributed by atoms with Crippen molar-refractivity contribution in [3.8, 4) is 5.75 Å². The van der Waals surface area contributed by atoms with Crippen LogP contribution in [0.1, 0.15) is 31.7 Å². The van der Waals surface area contributed by atoms with Gasteiger partial charge in [0.15, 0.2) is 0 Å².